The molecule has 0 radical (unpaired) electrons. The summed E-state index contributed by atoms with van der Waals surface area (Å²) in [5, 5.41) is 2.25. The van der Waals surface area contributed by atoms with E-state index >= 15 is 0 Å². The average Bonchev–Trinajstić information content (AvgIpc) is 2.63. The topological polar surface area (TPSA) is 75.7 Å². The monoisotopic (exact) mass is 478 g/mol. The number of alkyl halides is 3. The van der Waals surface area contributed by atoms with E-state index in [0.29, 0.717) is 16.1 Å². The normalized spacial score (nSPS) is 11.8. The Kier molecular flexibility index (Phi) is 7.82. The summed E-state index contributed by atoms with van der Waals surface area (Å²) in [6, 6.07) is 7.89. The molecule has 1 N–H and O–H groups in total. The molecule has 11 heteroatoms. The molecule has 0 atom stereocenters. The van der Waals surface area contributed by atoms with Gasteiger partial charge in [0.25, 0.3) is 0 Å². The molecule has 31 heavy (non-hydrogen) atoms. The molecule has 0 fully saturated rings. The number of benzene rings is 2. The van der Waals surface area contributed by atoms with Gasteiger partial charge in [-0.25, -0.2) is 8.42 Å². The number of sulfonamides is 1. The van der Waals surface area contributed by atoms with Crippen LogP contribution < -0.4 is 14.4 Å². The number of aryl methyl sites for hydroxylation is 2. The fourth-order valence-electron chi connectivity index (χ4n) is 2.76. The second-order valence-electron chi connectivity index (χ2n) is 6.90. The van der Waals surface area contributed by atoms with Crippen molar-refractivity contribution in [2.45, 2.75) is 20.0 Å². The second-order valence-corrected chi connectivity index (χ2v) is 9.21. The third-order valence-corrected chi connectivity index (χ3v) is 5.69. The van der Waals surface area contributed by atoms with E-state index in [2.05, 4.69) is 5.32 Å². The van der Waals surface area contributed by atoms with Crippen LogP contribution in [0.25, 0.3) is 0 Å². The zero-order valence-corrected chi connectivity index (χ0v) is 18.7. The molecule has 0 aliphatic carbocycles. The molecule has 2 rings (SSSR count). The molecule has 1 amide bonds. The van der Waals surface area contributed by atoms with Gasteiger partial charge in [-0.2, -0.15) is 13.2 Å². The van der Waals surface area contributed by atoms with Crippen molar-refractivity contribution in [1.29, 1.82) is 0 Å². The summed E-state index contributed by atoms with van der Waals surface area (Å²) in [6.07, 6.45) is -3.92. The van der Waals surface area contributed by atoms with E-state index in [1.165, 1.54) is 0 Å². The van der Waals surface area contributed by atoms with Gasteiger partial charge in [-0.1, -0.05) is 29.3 Å². The molecular formula is C20H22ClF3N2O4S. The number of rotatable bonds is 8. The molecule has 0 bridgehead atoms. The van der Waals surface area contributed by atoms with Crippen molar-refractivity contribution in [3.05, 3.63) is 58.1 Å². The third kappa shape index (κ3) is 7.03. The number of hydrogen-bond acceptors (Lipinski definition) is 4. The smallest absolute Gasteiger partial charge is 0.416 e. The van der Waals surface area contributed by atoms with Gasteiger partial charge >= 0.3 is 6.18 Å². The summed E-state index contributed by atoms with van der Waals surface area (Å²) < 4.78 is 69.4. The number of nitrogens with one attached hydrogen (secondary N) is 1. The highest BCUT2D eigenvalue weighted by molar-refractivity contribution is 7.92. The SMILES string of the molecule is Cc1ccc(OCCNC(=O)CN(c2cc(C(F)(F)F)ccc2Cl)S(C)(=O)=O)c(C)c1. The summed E-state index contributed by atoms with van der Waals surface area (Å²) >= 11 is 5.93. The van der Waals surface area contributed by atoms with Gasteiger partial charge in [-0.05, 0) is 43.7 Å². The maximum atomic E-state index is 13.0. The highest BCUT2D eigenvalue weighted by atomic mass is 35.5. The zero-order valence-electron chi connectivity index (χ0n) is 17.1. The maximum absolute atomic E-state index is 13.0. The largest absolute Gasteiger partial charge is 0.491 e. The number of carbonyl (C=O) groups excluding carboxylic acids is 1. The van der Waals surface area contributed by atoms with E-state index in [4.69, 9.17) is 16.3 Å². The molecule has 2 aromatic rings. The van der Waals surface area contributed by atoms with Crippen LogP contribution in [0.3, 0.4) is 0 Å². The lowest BCUT2D eigenvalue weighted by molar-refractivity contribution is -0.137. The van der Waals surface area contributed by atoms with Gasteiger partial charge in [0.05, 0.1) is 29.1 Å². The molecule has 0 spiro atoms. The zero-order chi connectivity index (χ0) is 23.4. The number of amides is 1. The van der Waals surface area contributed by atoms with Crippen LogP contribution in [0.4, 0.5) is 18.9 Å². The third-order valence-electron chi connectivity index (χ3n) is 4.24. The van der Waals surface area contributed by atoms with Gasteiger partial charge in [0, 0.05) is 0 Å². The van der Waals surface area contributed by atoms with E-state index in [-0.39, 0.29) is 18.2 Å². The Morgan fingerprint density at radius 1 is 1.16 bits per heavy atom. The highest BCUT2D eigenvalue weighted by Crippen LogP contribution is 2.36. The molecular weight excluding hydrogens is 457 g/mol. The van der Waals surface area contributed by atoms with Gasteiger partial charge in [0.2, 0.25) is 15.9 Å². The van der Waals surface area contributed by atoms with Crippen molar-refractivity contribution in [3.8, 4) is 5.75 Å². The van der Waals surface area contributed by atoms with Crippen molar-refractivity contribution >= 4 is 33.2 Å². The van der Waals surface area contributed by atoms with E-state index < -0.39 is 39.9 Å². The summed E-state index contributed by atoms with van der Waals surface area (Å²) in [7, 11) is -4.09. The van der Waals surface area contributed by atoms with Gasteiger partial charge in [-0.15, -0.1) is 0 Å². The molecule has 0 aliphatic rings. The Bertz CT molecular complexity index is 1060. The van der Waals surface area contributed by atoms with Gasteiger partial charge in [0.1, 0.15) is 18.9 Å². The maximum Gasteiger partial charge on any atom is 0.416 e. The van der Waals surface area contributed by atoms with Crippen molar-refractivity contribution in [3.63, 3.8) is 0 Å². The van der Waals surface area contributed by atoms with Crippen LogP contribution in [0.15, 0.2) is 36.4 Å². The predicted octanol–water partition coefficient (Wildman–Crippen LogP) is 3.94. The van der Waals surface area contributed by atoms with Gasteiger partial charge < -0.3 is 10.1 Å². The Hall–Kier alpha value is -2.46. The van der Waals surface area contributed by atoms with E-state index in [9.17, 15) is 26.4 Å². The molecule has 0 saturated carbocycles. The molecule has 0 saturated heterocycles. The molecule has 0 unspecified atom stereocenters. The van der Waals surface area contributed by atoms with E-state index in [0.717, 1.165) is 29.5 Å². The minimum absolute atomic E-state index is 0.0695. The minimum Gasteiger partial charge on any atom is -0.491 e. The van der Waals surface area contributed by atoms with Crippen molar-refractivity contribution in [1.82, 2.24) is 5.32 Å². The van der Waals surface area contributed by atoms with Crippen LogP contribution in [-0.2, 0) is 21.0 Å². The van der Waals surface area contributed by atoms with Crippen LogP contribution in [0, 0.1) is 13.8 Å². The number of halogens is 4. The average molecular weight is 479 g/mol. The Morgan fingerprint density at radius 2 is 1.84 bits per heavy atom. The summed E-state index contributed by atoms with van der Waals surface area (Å²) in [6.45, 7) is 3.28. The van der Waals surface area contributed by atoms with Crippen LogP contribution in [0.2, 0.25) is 5.02 Å². The number of anilines is 1. The second kappa shape index (κ2) is 9.78. The number of hydrogen-bond donors (Lipinski definition) is 1. The fraction of sp³-hybridized carbons (Fsp3) is 0.350. The molecule has 0 aromatic heterocycles. The first kappa shape index (κ1) is 24.8. The first-order valence-corrected chi connectivity index (χ1v) is 11.3. The predicted molar refractivity (Wildman–Crippen MR) is 113 cm³/mol. The summed E-state index contributed by atoms with van der Waals surface area (Å²) in [5.41, 5.74) is 0.490. The summed E-state index contributed by atoms with van der Waals surface area (Å²) in [4.78, 5) is 12.3. The number of nitrogens with zero attached hydrogens (tertiary/aromatic N) is 1. The molecule has 2 aromatic carbocycles. The van der Waals surface area contributed by atoms with Crippen LogP contribution in [0.5, 0.6) is 5.75 Å². The van der Waals surface area contributed by atoms with Crippen LogP contribution in [0.1, 0.15) is 16.7 Å². The molecule has 0 aliphatic heterocycles. The lowest BCUT2D eigenvalue weighted by Crippen LogP contribution is -2.41. The minimum atomic E-state index is -4.70. The highest BCUT2D eigenvalue weighted by Gasteiger charge is 2.33. The molecule has 6 nitrogen and oxygen atoms in total. The lowest BCUT2D eigenvalue weighted by atomic mass is 10.1. The first-order valence-electron chi connectivity index (χ1n) is 9.10. The van der Waals surface area contributed by atoms with Crippen molar-refractivity contribution < 1.29 is 31.1 Å². The Balaban J connectivity index is 2.06. The molecule has 170 valence electrons. The van der Waals surface area contributed by atoms with Crippen LogP contribution in [-0.4, -0.2) is 40.3 Å². The lowest BCUT2D eigenvalue weighted by Gasteiger charge is -2.24. The first-order chi connectivity index (χ1) is 14.3. The fourth-order valence-corrected chi connectivity index (χ4v) is 3.89. The van der Waals surface area contributed by atoms with Gasteiger partial charge in [0.15, 0.2) is 0 Å². The van der Waals surface area contributed by atoms with Gasteiger partial charge in [-0.3, -0.25) is 9.10 Å². The van der Waals surface area contributed by atoms with E-state index in [1.807, 2.05) is 26.0 Å². The number of carbonyl (C=O) groups is 1. The standard InChI is InChI=1S/C20H22ClF3N2O4S/c1-13-4-7-18(14(2)10-13)30-9-8-25-19(27)12-26(31(3,28)29)17-11-15(20(22,23)24)5-6-16(17)21/h4-7,10-11H,8-9,12H2,1-3H3,(H,25,27). The van der Waals surface area contributed by atoms with Crippen molar-refractivity contribution in [2.75, 3.05) is 30.3 Å². The molecule has 0 heterocycles. The van der Waals surface area contributed by atoms with Crippen LogP contribution >= 0.6 is 11.6 Å². The Labute approximate surface area is 184 Å². The number of ether oxygens (including phenoxy) is 1. The van der Waals surface area contributed by atoms with Crippen molar-refractivity contribution in [2.24, 2.45) is 0 Å². The summed E-state index contributed by atoms with van der Waals surface area (Å²) in [5.74, 6) is -0.0727. The Morgan fingerprint density at radius 3 is 2.42 bits per heavy atom. The quantitative estimate of drug-likeness (QED) is 0.583. The van der Waals surface area contributed by atoms with E-state index in [1.54, 1.807) is 6.07 Å².